The highest BCUT2D eigenvalue weighted by atomic mass is 16.5. The predicted octanol–water partition coefficient (Wildman–Crippen LogP) is 2.30. The van der Waals surface area contributed by atoms with Gasteiger partial charge in [0.05, 0.1) is 13.7 Å². The van der Waals surface area contributed by atoms with Gasteiger partial charge in [-0.1, -0.05) is 12.2 Å². The van der Waals surface area contributed by atoms with Crippen LogP contribution < -0.4 is 5.32 Å². The molecule has 1 aliphatic carbocycles. The van der Waals surface area contributed by atoms with Crippen LogP contribution in [0.1, 0.15) is 25.7 Å². The number of ether oxygens (including phenoxy) is 2. The molecule has 1 aliphatic heterocycles. The lowest BCUT2D eigenvalue weighted by Crippen LogP contribution is -2.42. The molecule has 1 heterocycles. The minimum atomic E-state index is -0.0850. The summed E-state index contributed by atoms with van der Waals surface area (Å²) in [5.74, 6) is 2.37. The van der Waals surface area contributed by atoms with Gasteiger partial charge >= 0.3 is 0 Å². The summed E-state index contributed by atoms with van der Waals surface area (Å²) in [4.78, 5) is 18.2. The molecule has 26 heavy (non-hydrogen) atoms. The number of nitrogens with zero attached hydrogens (tertiary/aromatic N) is 2. The van der Waals surface area contributed by atoms with E-state index >= 15 is 0 Å². The van der Waals surface area contributed by atoms with Crippen LogP contribution in [0.25, 0.3) is 0 Å². The first-order valence-corrected chi connectivity index (χ1v) is 9.30. The monoisotopic (exact) mass is 361 g/mol. The van der Waals surface area contributed by atoms with Crippen LogP contribution in [0.4, 0.5) is 0 Å². The Kier molecular flexibility index (Phi) is 8.41. The first kappa shape index (κ1) is 20.2. The average Bonchev–Trinajstić information content (AvgIpc) is 2.92. The first-order valence-electron chi connectivity index (χ1n) is 9.30. The zero-order valence-electron chi connectivity index (χ0n) is 16.2. The molecule has 1 fully saturated rings. The molecule has 0 saturated carbocycles. The Labute approximate surface area is 156 Å². The number of rotatable bonds is 8. The average molecular weight is 361 g/mol. The van der Waals surface area contributed by atoms with E-state index in [1.807, 2.05) is 18.2 Å². The number of hydrogen-bond donors (Lipinski definition) is 1. The van der Waals surface area contributed by atoms with Gasteiger partial charge in [0.1, 0.15) is 17.2 Å². The maximum atomic E-state index is 11.7. The molecule has 0 aromatic carbocycles. The summed E-state index contributed by atoms with van der Waals surface area (Å²) in [6.45, 7) is 3.37. The Morgan fingerprint density at radius 2 is 2.15 bits per heavy atom. The van der Waals surface area contributed by atoms with Crippen LogP contribution in [-0.2, 0) is 14.3 Å². The predicted molar refractivity (Wildman–Crippen MR) is 104 cm³/mol. The number of nitrogens with one attached hydrogen (secondary N) is 1. The van der Waals surface area contributed by atoms with Crippen molar-refractivity contribution < 1.29 is 14.3 Å². The molecule has 0 aromatic rings. The van der Waals surface area contributed by atoms with Gasteiger partial charge in [-0.05, 0) is 44.3 Å². The minimum absolute atomic E-state index is 0.0850. The number of likely N-dealkylation sites (tertiary alicyclic amines) is 1. The smallest absolute Gasteiger partial charge is 0.266 e. The van der Waals surface area contributed by atoms with Crippen LogP contribution in [0.2, 0.25) is 0 Å². The molecule has 0 bridgehead atoms. The molecule has 0 aromatic heterocycles. The van der Waals surface area contributed by atoms with Gasteiger partial charge in [0.2, 0.25) is 0 Å². The molecule has 144 valence electrons. The molecule has 0 atom stereocenters. The van der Waals surface area contributed by atoms with E-state index in [2.05, 4.69) is 21.3 Å². The highest BCUT2D eigenvalue weighted by Gasteiger charge is 2.22. The third kappa shape index (κ3) is 6.33. The van der Waals surface area contributed by atoms with Crippen molar-refractivity contribution in [3.05, 3.63) is 35.8 Å². The molecule has 2 rings (SSSR count). The lowest BCUT2D eigenvalue weighted by molar-refractivity contribution is -0.114. The van der Waals surface area contributed by atoms with Crippen LogP contribution in [0.15, 0.2) is 40.8 Å². The van der Waals surface area contributed by atoms with Crippen molar-refractivity contribution in [3.63, 3.8) is 0 Å². The molecule has 1 amide bonds. The van der Waals surface area contributed by atoms with Crippen LogP contribution in [0.5, 0.6) is 0 Å². The summed E-state index contributed by atoms with van der Waals surface area (Å²) >= 11 is 0. The summed E-state index contributed by atoms with van der Waals surface area (Å²) in [7, 11) is 4.99. The third-order valence-corrected chi connectivity index (χ3v) is 4.91. The molecular formula is C20H31N3O3. The fourth-order valence-corrected chi connectivity index (χ4v) is 3.23. The van der Waals surface area contributed by atoms with Gasteiger partial charge in [0.25, 0.3) is 5.91 Å². The molecular weight excluding hydrogens is 330 g/mol. The van der Waals surface area contributed by atoms with Gasteiger partial charge in [-0.15, -0.1) is 0 Å². The zero-order valence-corrected chi connectivity index (χ0v) is 16.2. The molecule has 1 N–H and O–H groups in total. The van der Waals surface area contributed by atoms with Crippen molar-refractivity contribution in [1.29, 1.82) is 0 Å². The number of carbonyl (C=O) groups excluding carboxylic acids is 1. The zero-order chi connectivity index (χ0) is 18.8. The van der Waals surface area contributed by atoms with E-state index in [0.717, 1.165) is 56.9 Å². The van der Waals surface area contributed by atoms with E-state index in [1.165, 1.54) is 0 Å². The lowest BCUT2D eigenvalue weighted by atomic mass is 9.94. The van der Waals surface area contributed by atoms with Gasteiger partial charge in [0.15, 0.2) is 0 Å². The fourth-order valence-electron chi connectivity index (χ4n) is 3.23. The molecule has 1 saturated heterocycles. The molecule has 0 unspecified atom stereocenters. The van der Waals surface area contributed by atoms with Gasteiger partial charge in [-0.25, -0.2) is 0 Å². The summed E-state index contributed by atoms with van der Waals surface area (Å²) in [5, 5.41) is 2.65. The summed E-state index contributed by atoms with van der Waals surface area (Å²) in [6.07, 6.45) is 12.1. The van der Waals surface area contributed by atoms with Gasteiger partial charge in [0, 0.05) is 33.1 Å². The van der Waals surface area contributed by atoms with Gasteiger partial charge in [-0.3, -0.25) is 14.7 Å². The van der Waals surface area contributed by atoms with Crippen molar-refractivity contribution in [2.45, 2.75) is 25.7 Å². The second kappa shape index (κ2) is 10.8. The summed E-state index contributed by atoms with van der Waals surface area (Å²) in [6, 6.07) is 0. The van der Waals surface area contributed by atoms with Crippen LogP contribution in [0, 0.1) is 5.92 Å². The molecule has 0 spiro atoms. The Bertz CT molecular complexity index is 585. The topological polar surface area (TPSA) is 63.2 Å². The summed E-state index contributed by atoms with van der Waals surface area (Å²) < 4.78 is 11.2. The molecule has 0 radical (unpaired) electrons. The molecule has 6 heteroatoms. The normalized spacial score (nSPS) is 19.4. The largest absolute Gasteiger partial charge is 0.497 e. The number of amides is 1. The van der Waals surface area contributed by atoms with E-state index in [1.54, 1.807) is 21.2 Å². The first-order chi connectivity index (χ1) is 12.7. The van der Waals surface area contributed by atoms with Crippen molar-refractivity contribution >= 4 is 11.6 Å². The number of hydrogen-bond acceptors (Lipinski definition) is 5. The second-order valence-electron chi connectivity index (χ2n) is 6.62. The molecule has 2 aliphatic rings. The van der Waals surface area contributed by atoms with Gasteiger partial charge < -0.3 is 14.8 Å². The van der Waals surface area contributed by atoms with E-state index in [-0.39, 0.29) is 5.91 Å². The van der Waals surface area contributed by atoms with Crippen molar-refractivity contribution in [3.8, 4) is 0 Å². The third-order valence-electron chi connectivity index (χ3n) is 4.91. The fraction of sp³-hybridized carbons (Fsp3) is 0.600. The Balaban J connectivity index is 1.69. The minimum Gasteiger partial charge on any atom is -0.497 e. The van der Waals surface area contributed by atoms with Crippen LogP contribution in [0.3, 0.4) is 0 Å². The van der Waals surface area contributed by atoms with Crippen LogP contribution in [-0.4, -0.2) is 64.0 Å². The Hall–Kier alpha value is -2.08. The summed E-state index contributed by atoms with van der Waals surface area (Å²) in [5.41, 5.74) is 0.602. The van der Waals surface area contributed by atoms with E-state index in [9.17, 15) is 4.79 Å². The maximum Gasteiger partial charge on any atom is 0.266 e. The van der Waals surface area contributed by atoms with E-state index < -0.39 is 0 Å². The number of piperidine rings is 1. The quantitative estimate of drug-likeness (QED) is 0.674. The van der Waals surface area contributed by atoms with E-state index in [0.29, 0.717) is 18.2 Å². The maximum absolute atomic E-state index is 11.7. The number of aliphatic imine (C=N–C) groups is 1. The number of carbonyl (C=O) groups is 1. The highest BCUT2D eigenvalue weighted by Crippen LogP contribution is 2.22. The number of allylic oxidation sites excluding steroid dienone is 4. The number of methoxy groups -OCH3 is 1. The molecule has 6 nitrogen and oxygen atoms in total. The lowest BCUT2D eigenvalue weighted by Gasteiger charge is -2.32. The SMILES string of the molecule is CN=C(CN1CCC(CCOC2=CC(OC)=CC=CC2)CC1)C(=O)NC. The Morgan fingerprint density at radius 1 is 1.38 bits per heavy atom. The van der Waals surface area contributed by atoms with Crippen molar-refractivity contribution in [2.24, 2.45) is 10.9 Å². The van der Waals surface area contributed by atoms with E-state index in [4.69, 9.17) is 9.47 Å². The highest BCUT2D eigenvalue weighted by molar-refractivity contribution is 6.39. The van der Waals surface area contributed by atoms with Gasteiger partial charge in [-0.2, -0.15) is 0 Å². The van der Waals surface area contributed by atoms with Crippen molar-refractivity contribution in [1.82, 2.24) is 10.2 Å². The standard InChI is InChI=1S/C20H31N3O3/c1-21-19(20(24)22-2)15-23-11-8-16(9-12-23)10-13-26-18-7-5-4-6-17(14-18)25-3/h4-6,14,16H,7-13,15H2,1-3H3,(H,22,24). The Morgan fingerprint density at radius 3 is 2.81 bits per heavy atom. The van der Waals surface area contributed by atoms with Crippen molar-refractivity contribution in [2.75, 3.05) is 47.4 Å². The second-order valence-corrected chi connectivity index (χ2v) is 6.62. The van der Waals surface area contributed by atoms with Crippen LogP contribution >= 0.6 is 0 Å².